The molecule has 0 spiro atoms. The van der Waals surface area contributed by atoms with Crippen LogP contribution in [0.15, 0.2) is 0 Å². The van der Waals surface area contributed by atoms with E-state index in [1.165, 1.54) is 0 Å². The molecule has 3 heteroatoms. The Morgan fingerprint density at radius 3 is 2.58 bits per heavy atom. The second kappa shape index (κ2) is 7.25. The van der Waals surface area contributed by atoms with Crippen LogP contribution >= 0.6 is 0 Å². The van der Waals surface area contributed by atoms with Gasteiger partial charge in [-0.05, 0) is 33.9 Å². The highest BCUT2D eigenvalue weighted by atomic mass is 16.5. The molecule has 0 heterocycles. The third-order valence-corrected chi connectivity index (χ3v) is 1.71. The zero-order chi connectivity index (χ0) is 9.40. The third kappa shape index (κ3) is 5.27. The third-order valence-electron chi connectivity index (χ3n) is 1.71. The minimum absolute atomic E-state index is 0.162. The van der Waals surface area contributed by atoms with E-state index in [4.69, 9.17) is 4.74 Å². The first kappa shape index (κ1) is 11.6. The van der Waals surface area contributed by atoms with E-state index in [1.807, 2.05) is 25.9 Å². The molecule has 0 aromatic rings. The molecular formula is C9H19NO2. The second-order valence-electron chi connectivity index (χ2n) is 2.97. The Morgan fingerprint density at radius 2 is 2.17 bits per heavy atom. The minimum atomic E-state index is 0.162. The molecule has 0 amide bonds. The Morgan fingerprint density at radius 1 is 1.50 bits per heavy atom. The van der Waals surface area contributed by atoms with Crippen molar-refractivity contribution in [1.82, 2.24) is 4.90 Å². The molecule has 1 atom stereocenters. The van der Waals surface area contributed by atoms with E-state index in [0.29, 0.717) is 6.42 Å². The maximum Gasteiger partial charge on any atom is 0.119 e. The van der Waals surface area contributed by atoms with Gasteiger partial charge in [0.2, 0.25) is 0 Å². The fourth-order valence-electron chi connectivity index (χ4n) is 1.06. The van der Waals surface area contributed by atoms with Gasteiger partial charge in [0.05, 0.1) is 0 Å². The second-order valence-corrected chi connectivity index (χ2v) is 2.97. The number of rotatable bonds is 7. The van der Waals surface area contributed by atoms with Gasteiger partial charge in [0.15, 0.2) is 0 Å². The Bertz CT molecular complexity index is 115. The van der Waals surface area contributed by atoms with E-state index in [2.05, 4.69) is 0 Å². The summed E-state index contributed by atoms with van der Waals surface area (Å²) in [6.45, 7) is 2.71. The average Bonchev–Trinajstić information content (AvgIpc) is 2.03. The Balaban J connectivity index is 3.55. The minimum Gasteiger partial charge on any atom is -0.363 e. The van der Waals surface area contributed by atoms with E-state index in [-0.39, 0.29) is 6.23 Å². The molecule has 3 nitrogen and oxygen atoms in total. The van der Waals surface area contributed by atoms with Crippen LogP contribution in [0.2, 0.25) is 0 Å². The topological polar surface area (TPSA) is 29.5 Å². The van der Waals surface area contributed by atoms with E-state index < -0.39 is 0 Å². The van der Waals surface area contributed by atoms with Crippen molar-refractivity contribution in [1.29, 1.82) is 0 Å². The van der Waals surface area contributed by atoms with Crippen molar-refractivity contribution in [3.05, 3.63) is 0 Å². The lowest BCUT2D eigenvalue weighted by Gasteiger charge is -2.23. The van der Waals surface area contributed by atoms with Gasteiger partial charge in [-0.25, -0.2) is 0 Å². The summed E-state index contributed by atoms with van der Waals surface area (Å²) in [7, 11) is 3.97. The van der Waals surface area contributed by atoms with Crippen LogP contribution in [-0.4, -0.2) is 38.1 Å². The molecule has 0 aromatic heterocycles. The van der Waals surface area contributed by atoms with Gasteiger partial charge in [-0.1, -0.05) is 0 Å². The van der Waals surface area contributed by atoms with Gasteiger partial charge in [0.1, 0.15) is 12.5 Å². The summed E-state index contributed by atoms with van der Waals surface area (Å²) in [4.78, 5) is 12.1. The lowest BCUT2D eigenvalue weighted by atomic mass is 10.2. The highest BCUT2D eigenvalue weighted by Crippen LogP contribution is 2.06. The predicted octanol–water partition coefficient (Wildman–Crippen LogP) is 1.28. The molecule has 0 bridgehead atoms. The van der Waals surface area contributed by atoms with Crippen LogP contribution in [0.5, 0.6) is 0 Å². The standard InChI is InChI=1S/C9H19NO2/c1-4-12-9(10(2)3)7-5-6-8-11/h8-9H,4-7H2,1-3H3. The first-order valence-electron chi connectivity index (χ1n) is 4.44. The van der Waals surface area contributed by atoms with Crippen molar-refractivity contribution in [3.63, 3.8) is 0 Å². The first-order valence-corrected chi connectivity index (χ1v) is 4.44. The molecule has 0 aromatic carbocycles. The zero-order valence-corrected chi connectivity index (χ0v) is 8.25. The maximum absolute atomic E-state index is 10.1. The Kier molecular flexibility index (Phi) is 7.00. The number of hydrogen-bond acceptors (Lipinski definition) is 3. The summed E-state index contributed by atoms with van der Waals surface area (Å²) >= 11 is 0. The quantitative estimate of drug-likeness (QED) is 0.330. The maximum atomic E-state index is 10.1. The molecule has 0 aliphatic heterocycles. The van der Waals surface area contributed by atoms with Gasteiger partial charge in [-0.3, -0.25) is 4.90 Å². The average molecular weight is 173 g/mol. The van der Waals surface area contributed by atoms with Crippen molar-refractivity contribution < 1.29 is 9.53 Å². The highest BCUT2D eigenvalue weighted by molar-refractivity contribution is 5.48. The molecule has 12 heavy (non-hydrogen) atoms. The normalized spacial score (nSPS) is 13.3. The van der Waals surface area contributed by atoms with Gasteiger partial charge in [0.25, 0.3) is 0 Å². The number of unbranched alkanes of at least 4 members (excludes halogenated alkanes) is 1. The number of carbonyl (C=O) groups excluding carboxylic acids is 1. The number of aldehydes is 1. The molecule has 72 valence electrons. The van der Waals surface area contributed by atoms with Crippen molar-refractivity contribution in [3.8, 4) is 0 Å². The van der Waals surface area contributed by atoms with Crippen LogP contribution in [0.3, 0.4) is 0 Å². The van der Waals surface area contributed by atoms with Gasteiger partial charge < -0.3 is 9.53 Å². The monoisotopic (exact) mass is 173 g/mol. The highest BCUT2D eigenvalue weighted by Gasteiger charge is 2.09. The number of ether oxygens (including phenoxy) is 1. The summed E-state index contributed by atoms with van der Waals surface area (Å²) in [5.74, 6) is 0. The van der Waals surface area contributed by atoms with Crippen LogP contribution in [0.25, 0.3) is 0 Å². The first-order chi connectivity index (χ1) is 5.72. The Labute approximate surface area is 74.7 Å². The number of hydrogen-bond donors (Lipinski definition) is 0. The smallest absolute Gasteiger partial charge is 0.119 e. The molecule has 0 N–H and O–H groups in total. The van der Waals surface area contributed by atoms with Crippen LogP contribution < -0.4 is 0 Å². The SMILES string of the molecule is CCOC(CCCC=O)N(C)C. The largest absolute Gasteiger partial charge is 0.363 e. The summed E-state index contributed by atoms with van der Waals surface area (Å²) in [6, 6.07) is 0. The van der Waals surface area contributed by atoms with Crippen LogP contribution in [0, 0.1) is 0 Å². The van der Waals surface area contributed by atoms with Gasteiger partial charge in [-0.15, -0.1) is 0 Å². The molecule has 0 radical (unpaired) electrons. The molecule has 0 aliphatic rings. The van der Waals surface area contributed by atoms with Crippen LogP contribution in [0.1, 0.15) is 26.2 Å². The molecule has 0 saturated carbocycles. The summed E-state index contributed by atoms with van der Waals surface area (Å²) in [5.41, 5.74) is 0. The fraction of sp³-hybridized carbons (Fsp3) is 0.889. The molecule has 0 saturated heterocycles. The van der Waals surface area contributed by atoms with Crippen LogP contribution in [-0.2, 0) is 9.53 Å². The van der Waals surface area contributed by atoms with Gasteiger partial charge in [0, 0.05) is 13.0 Å². The molecule has 0 fully saturated rings. The summed E-state index contributed by atoms with van der Waals surface area (Å²) < 4.78 is 5.46. The predicted molar refractivity (Wildman–Crippen MR) is 49.0 cm³/mol. The lowest BCUT2D eigenvalue weighted by molar-refractivity contribution is -0.108. The Hall–Kier alpha value is -0.410. The zero-order valence-electron chi connectivity index (χ0n) is 8.25. The van der Waals surface area contributed by atoms with Crippen molar-refractivity contribution in [2.75, 3.05) is 20.7 Å². The van der Waals surface area contributed by atoms with Gasteiger partial charge >= 0.3 is 0 Å². The molecule has 1 unspecified atom stereocenters. The molecular weight excluding hydrogens is 154 g/mol. The van der Waals surface area contributed by atoms with E-state index in [0.717, 1.165) is 25.7 Å². The summed E-state index contributed by atoms with van der Waals surface area (Å²) in [5, 5.41) is 0. The lowest BCUT2D eigenvalue weighted by Crippen LogP contribution is -2.30. The molecule has 0 rings (SSSR count). The fourth-order valence-corrected chi connectivity index (χ4v) is 1.06. The number of carbonyl (C=O) groups is 1. The molecule has 0 aliphatic carbocycles. The van der Waals surface area contributed by atoms with E-state index in [1.54, 1.807) is 0 Å². The number of nitrogens with zero attached hydrogens (tertiary/aromatic N) is 1. The van der Waals surface area contributed by atoms with Gasteiger partial charge in [-0.2, -0.15) is 0 Å². The van der Waals surface area contributed by atoms with Crippen molar-refractivity contribution >= 4 is 6.29 Å². The van der Waals surface area contributed by atoms with Crippen molar-refractivity contribution in [2.45, 2.75) is 32.4 Å². The van der Waals surface area contributed by atoms with Crippen LogP contribution in [0.4, 0.5) is 0 Å². The van der Waals surface area contributed by atoms with E-state index >= 15 is 0 Å². The van der Waals surface area contributed by atoms with E-state index in [9.17, 15) is 4.79 Å². The van der Waals surface area contributed by atoms with Crippen molar-refractivity contribution in [2.24, 2.45) is 0 Å². The summed E-state index contributed by atoms with van der Waals surface area (Å²) in [6.07, 6.45) is 3.59.